The van der Waals surface area contributed by atoms with Crippen LogP contribution in [-0.2, 0) is 0 Å². The molecule has 0 atom stereocenters. The molecular weight excluding hydrogens is 246 g/mol. The Morgan fingerprint density at radius 1 is 1.56 bits per heavy atom. The fourth-order valence-corrected chi connectivity index (χ4v) is 3.11. The molecule has 0 fully saturated rings. The molecule has 2 heterocycles. The molecule has 0 aromatic carbocycles. The van der Waals surface area contributed by atoms with Gasteiger partial charge in [-0.25, -0.2) is 4.98 Å². The van der Waals surface area contributed by atoms with Gasteiger partial charge < -0.3 is 10.6 Å². The highest BCUT2D eigenvalue weighted by Crippen LogP contribution is 2.34. The first-order valence-corrected chi connectivity index (χ1v) is 6.77. The van der Waals surface area contributed by atoms with Gasteiger partial charge in [0.05, 0.1) is 5.69 Å². The molecule has 0 aliphatic heterocycles. The number of carbonyl (C=O) groups excluding carboxylic acids is 1. The van der Waals surface area contributed by atoms with Crippen LogP contribution in [0.25, 0.3) is 10.2 Å². The van der Waals surface area contributed by atoms with Crippen molar-refractivity contribution in [3.8, 4) is 0 Å². The summed E-state index contributed by atoms with van der Waals surface area (Å²) >= 11 is 1.37. The monoisotopic (exact) mass is 263 g/mol. The van der Waals surface area contributed by atoms with Crippen molar-refractivity contribution >= 4 is 33.1 Å². The number of amides is 1. The second-order valence-corrected chi connectivity index (χ2v) is 5.38. The maximum atomic E-state index is 12.3. The molecule has 0 spiro atoms. The minimum Gasteiger partial charge on any atom is -0.397 e. The van der Waals surface area contributed by atoms with Crippen molar-refractivity contribution in [3.63, 3.8) is 0 Å². The van der Waals surface area contributed by atoms with Gasteiger partial charge in [0.1, 0.15) is 9.71 Å². The quantitative estimate of drug-likeness (QED) is 0.926. The number of anilines is 1. The molecule has 0 bridgehead atoms. The second-order valence-electron chi connectivity index (χ2n) is 4.38. The zero-order valence-corrected chi connectivity index (χ0v) is 11.7. The molecule has 18 heavy (non-hydrogen) atoms. The number of hydrogen-bond acceptors (Lipinski definition) is 4. The number of carbonyl (C=O) groups is 1. The third kappa shape index (κ3) is 2.06. The molecule has 1 amide bonds. The summed E-state index contributed by atoms with van der Waals surface area (Å²) in [5.41, 5.74) is 7.72. The van der Waals surface area contributed by atoms with E-state index in [9.17, 15) is 4.79 Å². The van der Waals surface area contributed by atoms with Crippen LogP contribution < -0.4 is 5.73 Å². The third-order valence-corrected chi connectivity index (χ3v) is 4.04. The molecule has 4 nitrogen and oxygen atoms in total. The number of nitrogens with two attached hydrogens (primary N) is 1. The smallest absolute Gasteiger partial charge is 0.265 e. The largest absolute Gasteiger partial charge is 0.397 e. The molecule has 0 aliphatic rings. The first-order valence-electron chi connectivity index (χ1n) is 5.95. The van der Waals surface area contributed by atoms with Gasteiger partial charge in [-0.3, -0.25) is 4.79 Å². The average Bonchev–Trinajstić information content (AvgIpc) is 2.67. The number of nitrogens with zero attached hydrogens (tertiary/aromatic N) is 2. The molecule has 2 N–H and O–H groups in total. The Hall–Kier alpha value is -1.62. The van der Waals surface area contributed by atoms with Gasteiger partial charge in [0, 0.05) is 25.2 Å². The third-order valence-electron chi connectivity index (χ3n) is 2.94. The molecule has 0 radical (unpaired) electrons. The Morgan fingerprint density at radius 3 is 2.89 bits per heavy atom. The lowest BCUT2D eigenvalue weighted by Crippen LogP contribution is -2.27. The molecule has 0 unspecified atom stereocenters. The zero-order valence-electron chi connectivity index (χ0n) is 10.9. The van der Waals surface area contributed by atoms with Gasteiger partial charge in [-0.05, 0) is 25.0 Å². The van der Waals surface area contributed by atoms with Crippen molar-refractivity contribution in [1.29, 1.82) is 0 Å². The number of thiophene rings is 1. The number of hydrogen-bond donors (Lipinski definition) is 1. The summed E-state index contributed by atoms with van der Waals surface area (Å²) in [6, 6.07) is 1.91. The number of nitrogen functional groups attached to an aromatic ring is 1. The predicted molar refractivity (Wildman–Crippen MR) is 76.0 cm³/mol. The summed E-state index contributed by atoms with van der Waals surface area (Å²) in [4.78, 5) is 19.7. The van der Waals surface area contributed by atoms with E-state index in [0.717, 1.165) is 28.7 Å². The predicted octanol–water partition coefficient (Wildman–Crippen LogP) is 2.67. The first-order chi connectivity index (χ1) is 8.56. The highest BCUT2D eigenvalue weighted by atomic mass is 32.1. The maximum Gasteiger partial charge on any atom is 0.265 e. The molecule has 2 rings (SSSR count). The van der Waals surface area contributed by atoms with Crippen LogP contribution in [0.3, 0.4) is 0 Å². The van der Waals surface area contributed by atoms with Crippen molar-refractivity contribution in [1.82, 2.24) is 9.88 Å². The lowest BCUT2D eigenvalue weighted by molar-refractivity contribution is 0.0801. The van der Waals surface area contributed by atoms with Crippen molar-refractivity contribution in [3.05, 3.63) is 22.7 Å². The molecule has 5 heteroatoms. The Balaban J connectivity index is 2.49. The molecule has 0 saturated heterocycles. The summed E-state index contributed by atoms with van der Waals surface area (Å²) in [6.45, 7) is 4.76. The summed E-state index contributed by atoms with van der Waals surface area (Å²) < 4.78 is 0. The molecule has 2 aromatic rings. The van der Waals surface area contributed by atoms with Crippen LogP contribution in [0.5, 0.6) is 0 Å². The van der Waals surface area contributed by atoms with Crippen LogP contribution in [0.4, 0.5) is 5.69 Å². The maximum absolute atomic E-state index is 12.3. The Morgan fingerprint density at radius 2 is 2.28 bits per heavy atom. The van der Waals surface area contributed by atoms with Crippen molar-refractivity contribution < 1.29 is 4.79 Å². The van der Waals surface area contributed by atoms with Crippen LogP contribution in [0, 0.1) is 6.92 Å². The number of aromatic nitrogens is 1. The van der Waals surface area contributed by atoms with E-state index in [2.05, 4.69) is 4.98 Å². The summed E-state index contributed by atoms with van der Waals surface area (Å²) in [7, 11) is 1.80. The lowest BCUT2D eigenvalue weighted by atomic mass is 10.1. The van der Waals surface area contributed by atoms with Gasteiger partial charge >= 0.3 is 0 Å². The second kappa shape index (κ2) is 4.94. The fourth-order valence-electron chi connectivity index (χ4n) is 1.97. The highest BCUT2D eigenvalue weighted by molar-refractivity contribution is 7.21. The minimum absolute atomic E-state index is 0.0169. The van der Waals surface area contributed by atoms with Gasteiger partial charge in [0.15, 0.2) is 0 Å². The topological polar surface area (TPSA) is 59.2 Å². The van der Waals surface area contributed by atoms with E-state index in [-0.39, 0.29) is 5.91 Å². The van der Waals surface area contributed by atoms with Gasteiger partial charge in [0.25, 0.3) is 5.91 Å². The van der Waals surface area contributed by atoms with E-state index in [1.54, 1.807) is 18.1 Å². The van der Waals surface area contributed by atoms with E-state index >= 15 is 0 Å². The van der Waals surface area contributed by atoms with Gasteiger partial charge in [0.2, 0.25) is 0 Å². The van der Waals surface area contributed by atoms with Crippen LogP contribution in [-0.4, -0.2) is 29.4 Å². The van der Waals surface area contributed by atoms with Crippen LogP contribution >= 0.6 is 11.3 Å². The van der Waals surface area contributed by atoms with E-state index in [1.165, 1.54) is 11.3 Å². The van der Waals surface area contributed by atoms with Gasteiger partial charge in [-0.2, -0.15) is 0 Å². The van der Waals surface area contributed by atoms with E-state index < -0.39 is 0 Å². The SMILES string of the molecule is CCCN(C)C(=O)c1sc2nccc(C)c2c1N. The van der Waals surface area contributed by atoms with E-state index in [0.29, 0.717) is 10.6 Å². The Bertz CT molecular complexity index is 591. The lowest BCUT2D eigenvalue weighted by Gasteiger charge is -2.15. The van der Waals surface area contributed by atoms with Crippen molar-refractivity contribution in [2.75, 3.05) is 19.3 Å². The summed E-state index contributed by atoms with van der Waals surface area (Å²) in [5.74, 6) is -0.0169. The number of aryl methyl sites for hydroxylation is 1. The van der Waals surface area contributed by atoms with Gasteiger partial charge in [-0.1, -0.05) is 6.92 Å². The van der Waals surface area contributed by atoms with Crippen LogP contribution in [0.1, 0.15) is 28.6 Å². The summed E-state index contributed by atoms with van der Waals surface area (Å²) in [5, 5.41) is 0.913. The molecule has 2 aromatic heterocycles. The van der Waals surface area contributed by atoms with Crippen LogP contribution in [0.2, 0.25) is 0 Å². The van der Waals surface area contributed by atoms with Crippen molar-refractivity contribution in [2.24, 2.45) is 0 Å². The molecule has 96 valence electrons. The number of fused-ring (bicyclic) bond motifs is 1. The van der Waals surface area contributed by atoms with Crippen molar-refractivity contribution in [2.45, 2.75) is 20.3 Å². The molecule has 0 aliphatic carbocycles. The number of rotatable bonds is 3. The Labute approximate surface area is 110 Å². The molecular formula is C13H17N3OS. The molecule has 0 saturated carbocycles. The fraction of sp³-hybridized carbons (Fsp3) is 0.385. The summed E-state index contributed by atoms with van der Waals surface area (Å²) in [6.07, 6.45) is 2.68. The first kappa shape index (κ1) is 12.8. The Kier molecular flexibility index (Phi) is 3.52. The average molecular weight is 263 g/mol. The van der Waals surface area contributed by atoms with E-state index in [1.807, 2.05) is 19.9 Å². The van der Waals surface area contributed by atoms with E-state index in [4.69, 9.17) is 5.73 Å². The highest BCUT2D eigenvalue weighted by Gasteiger charge is 2.20. The van der Waals surface area contributed by atoms with Crippen LogP contribution in [0.15, 0.2) is 12.3 Å². The minimum atomic E-state index is -0.0169. The normalized spacial score (nSPS) is 10.8. The van der Waals surface area contributed by atoms with Gasteiger partial charge in [-0.15, -0.1) is 11.3 Å². The number of pyridine rings is 1. The standard InChI is InChI=1S/C13H17N3OS/c1-4-7-16(3)13(17)11-10(14)9-8(2)5-6-15-12(9)18-11/h5-6H,4,7,14H2,1-3H3. The zero-order chi connectivity index (χ0) is 13.3.